The number of nitrogens with one attached hydrogen (secondary N) is 1. The number of carbonyl (C=O) groups excluding carboxylic acids is 1. The number of likely N-dealkylation sites (tertiary alicyclic amines) is 1. The Balaban J connectivity index is 0.00000312. The first-order chi connectivity index (χ1) is 11.4. The molecule has 1 saturated heterocycles. The van der Waals surface area contributed by atoms with Crippen molar-refractivity contribution in [3.63, 3.8) is 0 Å². The van der Waals surface area contributed by atoms with Crippen molar-refractivity contribution < 1.29 is 19.4 Å². The number of hydrogen-bond acceptors (Lipinski definition) is 4. The van der Waals surface area contributed by atoms with Crippen molar-refractivity contribution in [2.45, 2.75) is 32.8 Å². The molecular formula is C18H27ClN2O4. The minimum atomic E-state index is -0.775. The van der Waals surface area contributed by atoms with E-state index in [9.17, 15) is 9.59 Å². The van der Waals surface area contributed by atoms with Gasteiger partial charge in [-0.1, -0.05) is 12.1 Å². The molecule has 0 aromatic heterocycles. The Morgan fingerprint density at radius 3 is 2.56 bits per heavy atom. The Labute approximate surface area is 154 Å². The summed E-state index contributed by atoms with van der Waals surface area (Å²) in [6, 6.07) is 7.88. The Bertz CT molecular complexity index is 563. The quantitative estimate of drug-likeness (QED) is 0.731. The van der Waals surface area contributed by atoms with Gasteiger partial charge < -0.3 is 15.2 Å². The number of hydrogen-bond donors (Lipinski definition) is 2. The average molecular weight is 371 g/mol. The van der Waals surface area contributed by atoms with E-state index in [0.29, 0.717) is 26.1 Å². The zero-order chi connectivity index (χ0) is 17.5. The molecule has 1 unspecified atom stereocenters. The first kappa shape index (κ1) is 21.3. The van der Waals surface area contributed by atoms with Gasteiger partial charge >= 0.3 is 5.97 Å². The Morgan fingerprint density at radius 2 is 2.00 bits per heavy atom. The number of carboxylic acid groups (broad SMARTS) is 1. The number of ether oxygens (including phenoxy) is 1. The van der Waals surface area contributed by atoms with Gasteiger partial charge in [-0.25, -0.2) is 0 Å². The molecule has 2 N–H and O–H groups in total. The summed E-state index contributed by atoms with van der Waals surface area (Å²) >= 11 is 0. The fourth-order valence-electron chi connectivity index (χ4n) is 2.79. The molecule has 0 saturated carbocycles. The van der Waals surface area contributed by atoms with E-state index < -0.39 is 5.97 Å². The standard InChI is InChI=1S/C18H26N2O4.ClH/c1-13(2)24-16-5-3-14(4-6-16)7-9-19-17(21)12-20-10-8-15(11-20)18(22)23;/h3-6,13,15H,7-12H2,1-2H3,(H,19,21)(H,22,23);1H. The number of carboxylic acids is 1. The van der Waals surface area contributed by atoms with Crippen LogP contribution in [0.15, 0.2) is 24.3 Å². The first-order valence-corrected chi connectivity index (χ1v) is 8.41. The van der Waals surface area contributed by atoms with Gasteiger partial charge in [0, 0.05) is 13.1 Å². The highest BCUT2D eigenvalue weighted by Gasteiger charge is 2.28. The molecule has 6 nitrogen and oxygen atoms in total. The van der Waals surface area contributed by atoms with Gasteiger partial charge in [-0.05, 0) is 50.9 Å². The van der Waals surface area contributed by atoms with Crippen LogP contribution in [0.4, 0.5) is 0 Å². The van der Waals surface area contributed by atoms with Crippen LogP contribution >= 0.6 is 12.4 Å². The van der Waals surface area contributed by atoms with Crippen LogP contribution in [0.2, 0.25) is 0 Å². The third kappa shape index (κ3) is 7.32. The van der Waals surface area contributed by atoms with Gasteiger partial charge in [0.15, 0.2) is 0 Å². The van der Waals surface area contributed by atoms with Gasteiger partial charge in [-0.3, -0.25) is 14.5 Å². The van der Waals surface area contributed by atoms with Crippen molar-refractivity contribution in [2.24, 2.45) is 5.92 Å². The lowest BCUT2D eigenvalue weighted by molar-refractivity contribution is -0.141. The second-order valence-corrected chi connectivity index (χ2v) is 6.47. The monoisotopic (exact) mass is 370 g/mol. The molecule has 140 valence electrons. The lowest BCUT2D eigenvalue weighted by Gasteiger charge is -2.15. The fraction of sp³-hybridized carbons (Fsp3) is 0.556. The van der Waals surface area contributed by atoms with Gasteiger partial charge in [-0.2, -0.15) is 0 Å². The second-order valence-electron chi connectivity index (χ2n) is 6.47. The molecule has 1 atom stereocenters. The number of aliphatic carboxylic acids is 1. The molecule has 0 bridgehead atoms. The second kappa shape index (κ2) is 10.3. The van der Waals surface area contributed by atoms with E-state index in [2.05, 4.69) is 5.32 Å². The van der Waals surface area contributed by atoms with E-state index >= 15 is 0 Å². The summed E-state index contributed by atoms with van der Waals surface area (Å²) in [5.41, 5.74) is 1.14. The molecular weight excluding hydrogens is 344 g/mol. The molecule has 0 spiro atoms. The maximum absolute atomic E-state index is 11.9. The van der Waals surface area contributed by atoms with Gasteiger partial charge in [0.25, 0.3) is 0 Å². The fourth-order valence-corrected chi connectivity index (χ4v) is 2.79. The van der Waals surface area contributed by atoms with Crippen LogP contribution in [-0.2, 0) is 16.0 Å². The van der Waals surface area contributed by atoms with Gasteiger partial charge in [-0.15, -0.1) is 12.4 Å². The summed E-state index contributed by atoms with van der Waals surface area (Å²) in [5.74, 6) is -0.326. The summed E-state index contributed by atoms with van der Waals surface area (Å²) in [6.07, 6.45) is 1.53. The SMILES string of the molecule is CC(C)Oc1ccc(CCNC(=O)CN2CCC(C(=O)O)C2)cc1.Cl. The van der Waals surface area contributed by atoms with Crippen molar-refractivity contribution in [3.05, 3.63) is 29.8 Å². The Morgan fingerprint density at radius 1 is 1.32 bits per heavy atom. The number of halogens is 1. The van der Waals surface area contributed by atoms with Crippen molar-refractivity contribution in [2.75, 3.05) is 26.2 Å². The number of rotatable bonds is 8. The van der Waals surface area contributed by atoms with E-state index in [0.717, 1.165) is 17.7 Å². The molecule has 1 aromatic rings. The number of benzene rings is 1. The van der Waals surface area contributed by atoms with Gasteiger partial charge in [0.1, 0.15) is 5.75 Å². The molecule has 1 amide bonds. The van der Waals surface area contributed by atoms with E-state index in [1.165, 1.54) is 0 Å². The minimum Gasteiger partial charge on any atom is -0.491 e. The van der Waals surface area contributed by atoms with Gasteiger partial charge in [0.05, 0.1) is 18.6 Å². The van der Waals surface area contributed by atoms with E-state index in [1.807, 2.05) is 43.0 Å². The normalized spacial score (nSPS) is 17.2. The molecule has 1 heterocycles. The predicted molar refractivity (Wildman–Crippen MR) is 98.4 cm³/mol. The highest BCUT2D eigenvalue weighted by Crippen LogP contribution is 2.16. The lowest BCUT2D eigenvalue weighted by atomic mass is 10.1. The smallest absolute Gasteiger partial charge is 0.307 e. The zero-order valence-electron chi connectivity index (χ0n) is 14.7. The molecule has 7 heteroatoms. The summed E-state index contributed by atoms with van der Waals surface area (Å²) in [5, 5.41) is 11.9. The highest BCUT2D eigenvalue weighted by molar-refractivity contribution is 5.85. The van der Waals surface area contributed by atoms with E-state index in [-0.39, 0.29) is 36.9 Å². The van der Waals surface area contributed by atoms with Crippen LogP contribution in [0, 0.1) is 5.92 Å². The van der Waals surface area contributed by atoms with Crippen molar-refractivity contribution in [1.82, 2.24) is 10.2 Å². The van der Waals surface area contributed by atoms with Gasteiger partial charge in [0.2, 0.25) is 5.91 Å². The van der Waals surface area contributed by atoms with Crippen LogP contribution in [0.1, 0.15) is 25.8 Å². The topological polar surface area (TPSA) is 78.9 Å². The number of nitrogens with zero attached hydrogens (tertiary/aromatic N) is 1. The summed E-state index contributed by atoms with van der Waals surface area (Å²) in [7, 11) is 0. The minimum absolute atomic E-state index is 0. The summed E-state index contributed by atoms with van der Waals surface area (Å²) in [6.45, 7) is 5.94. The maximum atomic E-state index is 11.9. The van der Waals surface area contributed by atoms with Crippen LogP contribution in [0.25, 0.3) is 0 Å². The highest BCUT2D eigenvalue weighted by atomic mass is 35.5. The van der Waals surface area contributed by atoms with Crippen LogP contribution in [0.5, 0.6) is 5.75 Å². The molecule has 1 aliphatic heterocycles. The van der Waals surface area contributed by atoms with Crippen molar-refractivity contribution in [1.29, 1.82) is 0 Å². The van der Waals surface area contributed by atoms with E-state index in [1.54, 1.807) is 0 Å². The molecule has 1 fully saturated rings. The summed E-state index contributed by atoms with van der Waals surface area (Å²) in [4.78, 5) is 24.7. The van der Waals surface area contributed by atoms with E-state index in [4.69, 9.17) is 9.84 Å². The molecule has 0 aliphatic carbocycles. The van der Waals surface area contributed by atoms with Crippen LogP contribution in [-0.4, -0.2) is 54.2 Å². The zero-order valence-corrected chi connectivity index (χ0v) is 15.6. The molecule has 2 rings (SSSR count). The largest absolute Gasteiger partial charge is 0.491 e. The third-order valence-corrected chi connectivity index (χ3v) is 4.02. The molecule has 1 aliphatic rings. The van der Waals surface area contributed by atoms with Crippen molar-refractivity contribution in [3.8, 4) is 5.75 Å². The maximum Gasteiger partial charge on any atom is 0.307 e. The predicted octanol–water partition coefficient (Wildman–Crippen LogP) is 1.96. The first-order valence-electron chi connectivity index (χ1n) is 8.41. The number of carbonyl (C=O) groups is 2. The Hall–Kier alpha value is -1.79. The van der Waals surface area contributed by atoms with Crippen molar-refractivity contribution >= 4 is 24.3 Å². The summed E-state index contributed by atoms with van der Waals surface area (Å²) < 4.78 is 5.59. The molecule has 1 aromatic carbocycles. The number of amides is 1. The third-order valence-electron chi connectivity index (χ3n) is 4.02. The Kier molecular flexibility index (Phi) is 8.72. The van der Waals surface area contributed by atoms with Crippen LogP contribution in [0.3, 0.4) is 0 Å². The average Bonchev–Trinajstić information content (AvgIpc) is 2.97. The molecule has 0 radical (unpaired) electrons. The molecule has 25 heavy (non-hydrogen) atoms. The lowest BCUT2D eigenvalue weighted by Crippen LogP contribution is -2.37. The van der Waals surface area contributed by atoms with Crippen LogP contribution < -0.4 is 10.1 Å².